The van der Waals surface area contributed by atoms with Crippen molar-refractivity contribution in [3.05, 3.63) is 11.8 Å². The second-order valence-electron chi connectivity index (χ2n) is 3.00. The van der Waals surface area contributed by atoms with Crippen molar-refractivity contribution in [1.29, 1.82) is 0 Å². The minimum absolute atomic E-state index is 0.227. The van der Waals surface area contributed by atoms with Gasteiger partial charge in [-0.1, -0.05) is 0 Å². The molecule has 1 rings (SSSR count). The molecule has 0 bridgehead atoms. The van der Waals surface area contributed by atoms with Crippen molar-refractivity contribution in [3.63, 3.8) is 0 Å². The summed E-state index contributed by atoms with van der Waals surface area (Å²) in [5, 5.41) is 3.18. The van der Waals surface area contributed by atoms with Crippen molar-refractivity contribution >= 4 is 5.97 Å². The first-order valence-corrected chi connectivity index (χ1v) is 4.54. The van der Waals surface area contributed by atoms with Gasteiger partial charge >= 0.3 is 5.97 Å². The smallest absolute Gasteiger partial charge is 0.335 e. The minimum Gasteiger partial charge on any atom is -0.463 e. The standard InChI is InChI=1S/C9H16N2O2/c1-3-13-9(12)8(2)6-11-5-4-10-7-11/h6,10H,3-5,7H2,1-2H3/b8-6+. The van der Waals surface area contributed by atoms with Gasteiger partial charge in [0.15, 0.2) is 0 Å². The van der Waals surface area contributed by atoms with Gasteiger partial charge in [-0.15, -0.1) is 0 Å². The second kappa shape index (κ2) is 4.87. The lowest BCUT2D eigenvalue weighted by Crippen LogP contribution is -2.17. The van der Waals surface area contributed by atoms with E-state index in [-0.39, 0.29) is 5.97 Å². The fourth-order valence-electron chi connectivity index (χ4n) is 1.21. The van der Waals surface area contributed by atoms with E-state index >= 15 is 0 Å². The third-order valence-electron chi connectivity index (χ3n) is 1.86. The van der Waals surface area contributed by atoms with Crippen molar-refractivity contribution in [3.8, 4) is 0 Å². The minimum atomic E-state index is -0.227. The van der Waals surface area contributed by atoms with Crippen LogP contribution in [0.3, 0.4) is 0 Å². The van der Waals surface area contributed by atoms with Gasteiger partial charge in [0.05, 0.1) is 13.3 Å². The summed E-state index contributed by atoms with van der Waals surface area (Å²) >= 11 is 0. The zero-order chi connectivity index (χ0) is 9.68. The van der Waals surface area contributed by atoms with E-state index in [0.717, 1.165) is 19.8 Å². The summed E-state index contributed by atoms with van der Waals surface area (Å²) in [4.78, 5) is 13.3. The van der Waals surface area contributed by atoms with E-state index in [2.05, 4.69) is 10.2 Å². The summed E-state index contributed by atoms with van der Waals surface area (Å²) in [5.74, 6) is -0.227. The molecule has 4 heteroatoms. The molecule has 0 spiro atoms. The molecule has 0 aromatic rings. The molecule has 1 aliphatic rings. The SMILES string of the molecule is CCOC(=O)/C(C)=C/N1CCNC1. The Labute approximate surface area is 78.5 Å². The van der Waals surface area contributed by atoms with Gasteiger partial charge in [-0.05, 0) is 13.8 Å². The molecule has 13 heavy (non-hydrogen) atoms. The Hall–Kier alpha value is -1.03. The molecular formula is C9H16N2O2. The van der Waals surface area contributed by atoms with Crippen LogP contribution in [0.25, 0.3) is 0 Å². The number of carbonyl (C=O) groups is 1. The van der Waals surface area contributed by atoms with Crippen LogP contribution in [0, 0.1) is 0 Å². The molecule has 4 nitrogen and oxygen atoms in total. The van der Waals surface area contributed by atoms with Crippen molar-refractivity contribution in [2.75, 3.05) is 26.4 Å². The highest BCUT2D eigenvalue weighted by Crippen LogP contribution is 2.01. The summed E-state index contributed by atoms with van der Waals surface area (Å²) < 4.78 is 4.86. The van der Waals surface area contributed by atoms with Crippen LogP contribution in [-0.4, -0.2) is 37.2 Å². The van der Waals surface area contributed by atoms with E-state index < -0.39 is 0 Å². The third-order valence-corrected chi connectivity index (χ3v) is 1.86. The number of nitrogens with one attached hydrogen (secondary N) is 1. The number of ether oxygens (including phenoxy) is 1. The Balaban J connectivity index is 2.44. The van der Waals surface area contributed by atoms with E-state index in [1.54, 1.807) is 6.92 Å². The first-order valence-electron chi connectivity index (χ1n) is 4.54. The maximum Gasteiger partial charge on any atom is 0.335 e. The molecular weight excluding hydrogens is 168 g/mol. The average Bonchev–Trinajstić information content (AvgIpc) is 2.57. The van der Waals surface area contributed by atoms with Gasteiger partial charge in [0.2, 0.25) is 0 Å². The van der Waals surface area contributed by atoms with Crippen LogP contribution < -0.4 is 5.32 Å². The molecule has 0 saturated carbocycles. The van der Waals surface area contributed by atoms with Crippen LogP contribution >= 0.6 is 0 Å². The Kier molecular flexibility index (Phi) is 3.76. The normalized spacial score (nSPS) is 17.7. The van der Waals surface area contributed by atoms with Gasteiger partial charge in [-0.2, -0.15) is 0 Å². The molecule has 0 unspecified atom stereocenters. The summed E-state index contributed by atoms with van der Waals surface area (Å²) in [6.07, 6.45) is 1.85. The van der Waals surface area contributed by atoms with Gasteiger partial charge in [0.25, 0.3) is 0 Å². The number of hydrogen-bond donors (Lipinski definition) is 1. The number of carbonyl (C=O) groups excluding carboxylic acids is 1. The predicted molar refractivity (Wildman–Crippen MR) is 50.0 cm³/mol. The van der Waals surface area contributed by atoms with Gasteiger partial charge in [-0.3, -0.25) is 5.32 Å². The molecule has 1 aliphatic heterocycles. The Morgan fingerprint density at radius 3 is 3.00 bits per heavy atom. The lowest BCUT2D eigenvalue weighted by atomic mass is 10.3. The van der Waals surface area contributed by atoms with Gasteiger partial charge in [0.1, 0.15) is 0 Å². The fraction of sp³-hybridized carbons (Fsp3) is 0.667. The molecule has 1 heterocycles. The van der Waals surface area contributed by atoms with Crippen molar-refractivity contribution in [2.45, 2.75) is 13.8 Å². The van der Waals surface area contributed by atoms with Crippen molar-refractivity contribution < 1.29 is 9.53 Å². The van der Waals surface area contributed by atoms with Crippen LogP contribution in [0.5, 0.6) is 0 Å². The molecule has 0 amide bonds. The topological polar surface area (TPSA) is 41.6 Å². The van der Waals surface area contributed by atoms with Gasteiger partial charge in [0, 0.05) is 24.9 Å². The van der Waals surface area contributed by atoms with Gasteiger partial charge in [-0.25, -0.2) is 4.79 Å². The number of esters is 1. The quantitative estimate of drug-likeness (QED) is 0.506. The molecule has 0 aromatic carbocycles. The number of nitrogens with zero attached hydrogens (tertiary/aromatic N) is 1. The van der Waals surface area contributed by atoms with Crippen molar-refractivity contribution in [1.82, 2.24) is 10.2 Å². The largest absolute Gasteiger partial charge is 0.463 e. The molecule has 0 aromatic heterocycles. The average molecular weight is 184 g/mol. The van der Waals surface area contributed by atoms with E-state index in [1.807, 2.05) is 13.1 Å². The van der Waals surface area contributed by atoms with Crippen LogP contribution in [-0.2, 0) is 9.53 Å². The lowest BCUT2D eigenvalue weighted by molar-refractivity contribution is -0.138. The number of hydrogen-bond acceptors (Lipinski definition) is 4. The Morgan fingerprint density at radius 2 is 2.46 bits per heavy atom. The van der Waals surface area contributed by atoms with E-state index in [0.29, 0.717) is 12.2 Å². The number of rotatable bonds is 3. The summed E-state index contributed by atoms with van der Waals surface area (Å²) in [7, 11) is 0. The maximum absolute atomic E-state index is 11.2. The first-order chi connectivity index (χ1) is 6.24. The van der Waals surface area contributed by atoms with Crippen LogP contribution in [0.2, 0.25) is 0 Å². The highest BCUT2D eigenvalue weighted by Gasteiger charge is 2.10. The Morgan fingerprint density at radius 1 is 1.69 bits per heavy atom. The van der Waals surface area contributed by atoms with E-state index in [9.17, 15) is 4.79 Å². The molecule has 0 aliphatic carbocycles. The zero-order valence-electron chi connectivity index (χ0n) is 8.17. The summed E-state index contributed by atoms with van der Waals surface area (Å²) in [6, 6.07) is 0. The molecule has 1 saturated heterocycles. The molecule has 1 fully saturated rings. The van der Waals surface area contributed by atoms with Gasteiger partial charge < -0.3 is 9.64 Å². The van der Waals surface area contributed by atoms with Crippen LogP contribution in [0.1, 0.15) is 13.8 Å². The molecule has 0 atom stereocenters. The molecule has 1 N–H and O–H groups in total. The second-order valence-corrected chi connectivity index (χ2v) is 3.00. The first kappa shape index (κ1) is 10.1. The highest BCUT2D eigenvalue weighted by molar-refractivity contribution is 5.87. The molecule has 74 valence electrons. The fourth-order valence-corrected chi connectivity index (χ4v) is 1.21. The highest BCUT2D eigenvalue weighted by atomic mass is 16.5. The predicted octanol–water partition coefficient (Wildman–Crippen LogP) is 0.316. The third kappa shape index (κ3) is 3.06. The summed E-state index contributed by atoms with van der Waals surface area (Å²) in [6.45, 7) is 6.77. The van der Waals surface area contributed by atoms with Crippen LogP contribution in [0.4, 0.5) is 0 Å². The van der Waals surface area contributed by atoms with E-state index in [4.69, 9.17) is 4.74 Å². The molecule has 0 radical (unpaired) electrons. The summed E-state index contributed by atoms with van der Waals surface area (Å²) in [5.41, 5.74) is 0.658. The van der Waals surface area contributed by atoms with Crippen LogP contribution in [0.15, 0.2) is 11.8 Å². The van der Waals surface area contributed by atoms with Crippen molar-refractivity contribution in [2.24, 2.45) is 0 Å². The lowest BCUT2D eigenvalue weighted by Gasteiger charge is -2.11. The van der Waals surface area contributed by atoms with E-state index in [1.165, 1.54) is 0 Å². The Bertz CT molecular complexity index is 208. The monoisotopic (exact) mass is 184 g/mol. The maximum atomic E-state index is 11.2. The zero-order valence-corrected chi connectivity index (χ0v) is 8.17.